The number of nitrogens with zero attached hydrogens (tertiary/aromatic N) is 1. The largest absolute Gasteiger partial charge is 0.478 e. The second kappa shape index (κ2) is 6.05. The number of hydrogen-bond acceptors (Lipinski definition) is 4. The highest BCUT2D eigenvalue weighted by atomic mass is 79.9. The predicted molar refractivity (Wildman–Crippen MR) is 82.7 cm³/mol. The van der Waals surface area contributed by atoms with Crippen LogP contribution in [0.25, 0.3) is 0 Å². The molecular weight excluding hydrogens is 338 g/mol. The van der Waals surface area contributed by atoms with Gasteiger partial charge < -0.3 is 14.7 Å². The molecule has 0 amide bonds. The Balaban J connectivity index is 2.21. The molecule has 0 aromatic heterocycles. The SMILES string of the molecule is COC(=O)C1(C)CCN(c2cc(Br)ccc2C(=O)O)CC1. The summed E-state index contributed by atoms with van der Waals surface area (Å²) in [4.78, 5) is 25.2. The van der Waals surface area contributed by atoms with Crippen molar-refractivity contribution in [3.63, 3.8) is 0 Å². The standard InChI is InChI=1S/C15H18BrNO4/c1-15(14(20)21-2)5-7-17(8-6-15)12-9-10(16)3-4-11(12)13(18)19/h3-4,9H,5-8H2,1-2H3,(H,18,19). The zero-order valence-electron chi connectivity index (χ0n) is 12.1. The topological polar surface area (TPSA) is 66.8 Å². The van der Waals surface area contributed by atoms with Crippen molar-refractivity contribution in [2.24, 2.45) is 5.41 Å². The number of halogens is 1. The fourth-order valence-corrected chi connectivity index (χ4v) is 2.99. The molecule has 1 aromatic rings. The van der Waals surface area contributed by atoms with E-state index in [1.165, 1.54) is 7.11 Å². The number of carbonyl (C=O) groups excluding carboxylic acids is 1. The van der Waals surface area contributed by atoms with Gasteiger partial charge in [-0.1, -0.05) is 15.9 Å². The Morgan fingerprint density at radius 3 is 2.48 bits per heavy atom. The Morgan fingerprint density at radius 1 is 1.33 bits per heavy atom. The van der Waals surface area contributed by atoms with Crippen LogP contribution in [0.2, 0.25) is 0 Å². The maximum Gasteiger partial charge on any atom is 0.337 e. The van der Waals surface area contributed by atoms with Crippen molar-refractivity contribution in [3.05, 3.63) is 28.2 Å². The zero-order valence-corrected chi connectivity index (χ0v) is 13.6. The highest BCUT2D eigenvalue weighted by molar-refractivity contribution is 9.10. The molecule has 5 nitrogen and oxygen atoms in total. The van der Waals surface area contributed by atoms with E-state index in [4.69, 9.17) is 4.74 Å². The van der Waals surface area contributed by atoms with E-state index in [1.54, 1.807) is 12.1 Å². The molecule has 0 unspecified atom stereocenters. The average molecular weight is 356 g/mol. The van der Waals surface area contributed by atoms with Gasteiger partial charge in [-0.3, -0.25) is 4.79 Å². The van der Waals surface area contributed by atoms with E-state index in [0.29, 0.717) is 31.6 Å². The van der Waals surface area contributed by atoms with Gasteiger partial charge in [0, 0.05) is 17.6 Å². The molecule has 0 saturated carbocycles. The van der Waals surface area contributed by atoms with Gasteiger partial charge in [0.1, 0.15) is 0 Å². The predicted octanol–water partition coefficient (Wildman–Crippen LogP) is 2.93. The molecule has 114 valence electrons. The van der Waals surface area contributed by atoms with Gasteiger partial charge in [-0.15, -0.1) is 0 Å². The Labute approximate surface area is 132 Å². The van der Waals surface area contributed by atoms with Crippen LogP contribution in [0, 0.1) is 5.41 Å². The lowest BCUT2D eigenvalue weighted by Crippen LogP contribution is -2.43. The molecule has 0 bridgehead atoms. The summed E-state index contributed by atoms with van der Waals surface area (Å²) in [5.74, 6) is -1.14. The summed E-state index contributed by atoms with van der Waals surface area (Å²) in [6, 6.07) is 5.12. The van der Waals surface area contributed by atoms with E-state index >= 15 is 0 Å². The number of anilines is 1. The van der Waals surface area contributed by atoms with Gasteiger partial charge in [-0.2, -0.15) is 0 Å². The fraction of sp³-hybridized carbons (Fsp3) is 0.467. The lowest BCUT2D eigenvalue weighted by molar-refractivity contribution is -0.152. The summed E-state index contributed by atoms with van der Waals surface area (Å²) in [7, 11) is 1.40. The molecule has 0 atom stereocenters. The second-order valence-electron chi connectivity index (χ2n) is 5.51. The smallest absolute Gasteiger partial charge is 0.337 e. The van der Waals surface area contributed by atoms with E-state index in [9.17, 15) is 14.7 Å². The number of carboxylic acids is 1. The maximum atomic E-state index is 11.8. The molecule has 1 aromatic carbocycles. The first-order valence-electron chi connectivity index (χ1n) is 6.73. The van der Waals surface area contributed by atoms with Gasteiger partial charge in [0.25, 0.3) is 0 Å². The Bertz CT molecular complexity index is 565. The van der Waals surface area contributed by atoms with E-state index in [1.807, 2.05) is 17.9 Å². The average Bonchev–Trinajstić information content (AvgIpc) is 2.46. The summed E-state index contributed by atoms with van der Waals surface area (Å²) >= 11 is 3.38. The molecular formula is C15H18BrNO4. The van der Waals surface area contributed by atoms with Crippen LogP contribution >= 0.6 is 15.9 Å². The van der Waals surface area contributed by atoms with Crippen molar-refractivity contribution in [2.45, 2.75) is 19.8 Å². The minimum Gasteiger partial charge on any atom is -0.478 e. The minimum absolute atomic E-state index is 0.199. The molecule has 1 aliphatic heterocycles. The first-order chi connectivity index (χ1) is 9.87. The molecule has 0 spiro atoms. The van der Waals surface area contributed by atoms with Crippen molar-refractivity contribution in [2.75, 3.05) is 25.1 Å². The zero-order chi connectivity index (χ0) is 15.6. The van der Waals surface area contributed by atoms with Gasteiger partial charge in [0.05, 0.1) is 23.8 Å². The number of esters is 1. The van der Waals surface area contributed by atoms with Crippen molar-refractivity contribution < 1.29 is 19.4 Å². The van der Waals surface area contributed by atoms with Crippen LogP contribution in [0.3, 0.4) is 0 Å². The Hall–Kier alpha value is -1.56. The molecule has 6 heteroatoms. The number of carboxylic acid groups (broad SMARTS) is 1. The number of carbonyl (C=O) groups is 2. The van der Waals surface area contributed by atoms with E-state index in [2.05, 4.69) is 15.9 Å². The third-order valence-corrected chi connectivity index (χ3v) is 4.57. The minimum atomic E-state index is -0.946. The number of piperidine rings is 1. The third-order valence-electron chi connectivity index (χ3n) is 4.08. The van der Waals surface area contributed by atoms with Crippen LogP contribution in [-0.4, -0.2) is 37.2 Å². The molecule has 1 aliphatic rings. The van der Waals surface area contributed by atoms with E-state index in [0.717, 1.165) is 4.47 Å². The quantitative estimate of drug-likeness (QED) is 0.844. The molecule has 1 heterocycles. The van der Waals surface area contributed by atoms with Crippen molar-refractivity contribution in [3.8, 4) is 0 Å². The highest BCUT2D eigenvalue weighted by Crippen LogP contribution is 2.36. The number of hydrogen-bond donors (Lipinski definition) is 1. The number of ether oxygens (including phenoxy) is 1. The van der Waals surface area contributed by atoms with Crippen LogP contribution in [0.5, 0.6) is 0 Å². The fourth-order valence-electron chi connectivity index (χ4n) is 2.64. The molecule has 0 radical (unpaired) electrons. The number of rotatable bonds is 3. The van der Waals surface area contributed by atoms with E-state index < -0.39 is 11.4 Å². The van der Waals surface area contributed by atoms with Crippen molar-refractivity contribution in [1.82, 2.24) is 0 Å². The summed E-state index contributed by atoms with van der Waals surface area (Å²) in [6.07, 6.45) is 1.29. The number of methoxy groups -OCH3 is 1. The molecule has 1 saturated heterocycles. The van der Waals surface area contributed by atoms with Gasteiger partial charge >= 0.3 is 11.9 Å². The lowest BCUT2D eigenvalue weighted by atomic mass is 9.80. The molecule has 2 rings (SSSR count). The molecule has 21 heavy (non-hydrogen) atoms. The summed E-state index contributed by atoms with van der Waals surface area (Å²) in [6.45, 7) is 3.15. The van der Waals surface area contributed by atoms with Gasteiger partial charge in [-0.05, 0) is 38.0 Å². The third kappa shape index (κ3) is 3.20. The van der Waals surface area contributed by atoms with Crippen LogP contribution in [0.1, 0.15) is 30.1 Å². The van der Waals surface area contributed by atoms with Gasteiger partial charge in [0.15, 0.2) is 0 Å². The number of benzene rings is 1. The summed E-state index contributed by atoms with van der Waals surface area (Å²) in [5, 5.41) is 9.30. The molecule has 1 N–H and O–H groups in total. The van der Waals surface area contributed by atoms with Crippen molar-refractivity contribution >= 4 is 33.6 Å². The van der Waals surface area contributed by atoms with Gasteiger partial charge in [-0.25, -0.2) is 4.79 Å². The lowest BCUT2D eigenvalue weighted by Gasteiger charge is -2.38. The summed E-state index contributed by atoms with van der Waals surface area (Å²) in [5.41, 5.74) is 0.476. The normalized spacial score (nSPS) is 17.4. The number of aromatic carboxylic acids is 1. The highest BCUT2D eigenvalue weighted by Gasteiger charge is 2.38. The van der Waals surface area contributed by atoms with Crippen LogP contribution in [0.15, 0.2) is 22.7 Å². The summed E-state index contributed by atoms with van der Waals surface area (Å²) < 4.78 is 5.69. The van der Waals surface area contributed by atoms with E-state index in [-0.39, 0.29) is 11.5 Å². The first kappa shape index (κ1) is 15.8. The van der Waals surface area contributed by atoms with Crippen LogP contribution < -0.4 is 4.90 Å². The van der Waals surface area contributed by atoms with Crippen LogP contribution in [-0.2, 0) is 9.53 Å². The van der Waals surface area contributed by atoms with Crippen LogP contribution in [0.4, 0.5) is 5.69 Å². The van der Waals surface area contributed by atoms with Gasteiger partial charge in [0.2, 0.25) is 0 Å². The monoisotopic (exact) mass is 355 g/mol. The second-order valence-corrected chi connectivity index (χ2v) is 6.42. The van der Waals surface area contributed by atoms with Crippen molar-refractivity contribution in [1.29, 1.82) is 0 Å². The first-order valence-corrected chi connectivity index (χ1v) is 7.53. The Kier molecular flexibility index (Phi) is 4.56. The Morgan fingerprint density at radius 2 is 1.95 bits per heavy atom. The maximum absolute atomic E-state index is 11.8. The molecule has 0 aliphatic carbocycles. The molecule has 1 fully saturated rings.